The van der Waals surface area contributed by atoms with E-state index in [0.717, 1.165) is 41.0 Å². The first-order valence-electron chi connectivity index (χ1n) is 8.33. The van der Waals surface area contributed by atoms with Crippen molar-refractivity contribution in [2.75, 3.05) is 6.61 Å². The lowest BCUT2D eigenvalue weighted by molar-refractivity contribution is 0.0694. The summed E-state index contributed by atoms with van der Waals surface area (Å²) in [6.07, 6.45) is 4.91. The van der Waals surface area contributed by atoms with Crippen molar-refractivity contribution >= 4 is 17.5 Å². The van der Waals surface area contributed by atoms with Gasteiger partial charge >= 0.3 is 5.97 Å². The summed E-state index contributed by atoms with van der Waals surface area (Å²) in [5.74, 6) is -0.273. The Kier molecular flexibility index (Phi) is 3.27. The van der Waals surface area contributed by atoms with E-state index in [1.165, 1.54) is 34.9 Å². The number of hydrogen-bond donors (Lipinski definition) is 1. The molecule has 0 unspecified atom stereocenters. The summed E-state index contributed by atoms with van der Waals surface area (Å²) in [7, 11) is 0. The molecule has 2 aromatic heterocycles. The number of rotatable bonds is 2. The van der Waals surface area contributed by atoms with Gasteiger partial charge in [-0.2, -0.15) is 0 Å². The first-order chi connectivity index (χ1) is 12.6. The summed E-state index contributed by atoms with van der Waals surface area (Å²) in [4.78, 5) is 23.5. The number of aryl methyl sites for hydroxylation is 1. The van der Waals surface area contributed by atoms with Crippen molar-refractivity contribution < 1.29 is 14.6 Å². The van der Waals surface area contributed by atoms with Gasteiger partial charge in [0, 0.05) is 59.1 Å². The van der Waals surface area contributed by atoms with Crippen LogP contribution in [0.5, 0.6) is 5.75 Å². The Morgan fingerprint density at radius 1 is 1.23 bits per heavy atom. The van der Waals surface area contributed by atoms with E-state index < -0.39 is 11.4 Å². The standard InChI is InChI=1S/C19H14N2O4S/c22-17-6-16-14-5-13(10-7-20-26-9-10)18-12(2-4-25-18)11(14)1-3-21(16)8-15(17)19(23)24/h5-9H,1-4H2,(H,23,24). The summed E-state index contributed by atoms with van der Waals surface area (Å²) in [5.41, 5.74) is 5.47. The molecule has 1 N–H and O–H groups in total. The van der Waals surface area contributed by atoms with Crippen LogP contribution in [0.15, 0.2) is 34.7 Å². The van der Waals surface area contributed by atoms with Gasteiger partial charge in [-0.15, -0.1) is 0 Å². The summed E-state index contributed by atoms with van der Waals surface area (Å²) in [6, 6.07) is 3.49. The first-order valence-corrected chi connectivity index (χ1v) is 9.16. The largest absolute Gasteiger partial charge is 0.492 e. The molecule has 0 amide bonds. The number of carboxylic acid groups (broad SMARTS) is 1. The van der Waals surface area contributed by atoms with Gasteiger partial charge in [0.15, 0.2) is 5.43 Å². The maximum Gasteiger partial charge on any atom is 0.341 e. The van der Waals surface area contributed by atoms with Crippen LogP contribution in [-0.2, 0) is 19.4 Å². The molecule has 0 saturated heterocycles. The van der Waals surface area contributed by atoms with Crippen LogP contribution in [0.25, 0.3) is 22.4 Å². The number of aromatic carboxylic acids is 1. The molecule has 4 heterocycles. The van der Waals surface area contributed by atoms with E-state index in [0.29, 0.717) is 13.2 Å². The van der Waals surface area contributed by atoms with Gasteiger partial charge in [-0.3, -0.25) is 4.79 Å². The SMILES string of the molecule is O=C(O)c1cn2c(cc1=O)-c1cc(-c3cnsc3)c3c(c1CC2)CCO3. The fourth-order valence-electron chi connectivity index (χ4n) is 3.89. The average Bonchev–Trinajstić information content (AvgIpc) is 3.32. The number of nitrogens with zero attached hydrogens (tertiary/aromatic N) is 2. The summed E-state index contributed by atoms with van der Waals surface area (Å²) in [6.45, 7) is 1.30. The van der Waals surface area contributed by atoms with Gasteiger partial charge in [-0.25, -0.2) is 9.17 Å². The summed E-state index contributed by atoms with van der Waals surface area (Å²) < 4.78 is 12.0. The monoisotopic (exact) mass is 366 g/mol. The highest BCUT2D eigenvalue weighted by molar-refractivity contribution is 7.03. The van der Waals surface area contributed by atoms with Crippen LogP contribution in [0.1, 0.15) is 21.5 Å². The van der Waals surface area contributed by atoms with E-state index in [-0.39, 0.29) is 5.56 Å². The number of ether oxygens (including phenoxy) is 1. The number of pyridine rings is 1. The minimum absolute atomic E-state index is 0.191. The lowest BCUT2D eigenvalue weighted by atomic mass is 9.88. The molecule has 0 spiro atoms. The number of aromatic nitrogens is 2. The molecule has 1 aromatic carbocycles. The van der Waals surface area contributed by atoms with Crippen molar-refractivity contribution in [3.05, 3.63) is 56.8 Å². The second-order valence-corrected chi connectivity index (χ2v) is 7.11. The van der Waals surface area contributed by atoms with Crippen LogP contribution < -0.4 is 10.2 Å². The fraction of sp³-hybridized carbons (Fsp3) is 0.211. The molecule has 2 aliphatic rings. The van der Waals surface area contributed by atoms with Crippen molar-refractivity contribution in [3.8, 4) is 28.1 Å². The van der Waals surface area contributed by atoms with Crippen molar-refractivity contribution in [1.29, 1.82) is 0 Å². The number of carbonyl (C=O) groups is 1. The van der Waals surface area contributed by atoms with Crippen molar-refractivity contribution in [3.63, 3.8) is 0 Å². The number of benzene rings is 1. The van der Waals surface area contributed by atoms with Crippen LogP contribution in [0.4, 0.5) is 0 Å². The second-order valence-electron chi connectivity index (χ2n) is 6.45. The minimum atomic E-state index is -1.19. The topological polar surface area (TPSA) is 81.4 Å². The Labute approximate surface area is 152 Å². The average molecular weight is 366 g/mol. The van der Waals surface area contributed by atoms with Gasteiger partial charge in [-0.1, -0.05) is 0 Å². The van der Waals surface area contributed by atoms with Crippen LogP contribution in [0, 0.1) is 0 Å². The molecule has 3 aromatic rings. The van der Waals surface area contributed by atoms with Crippen molar-refractivity contribution in [1.82, 2.24) is 8.94 Å². The van der Waals surface area contributed by atoms with E-state index >= 15 is 0 Å². The molecule has 0 radical (unpaired) electrons. The minimum Gasteiger partial charge on any atom is -0.492 e. The third-order valence-electron chi connectivity index (χ3n) is 5.08. The molecule has 0 atom stereocenters. The third-order valence-corrected chi connectivity index (χ3v) is 5.66. The Bertz CT molecular complexity index is 1120. The Morgan fingerprint density at radius 3 is 2.88 bits per heavy atom. The van der Waals surface area contributed by atoms with Crippen LogP contribution in [-0.4, -0.2) is 26.6 Å². The lowest BCUT2D eigenvalue weighted by Crippen LogP contribution is -2.22. The Morgan fingerprint density at radius 2 is 2.12 bits per heavy atom. The Balaban J connectivity index is 1.79. The van der Waals surface area contributed by atoms with E-state index in [1.54, 1.807) is 0 Å². The molecule has 0 fully saturated rings. The number of carboxylic acids is 1. The highest BCUT2D eigenvalue weighted by Crippen LogP contribution is 2.45. The summed E-state index contributed by atoms with van der Waals surface area (Å²) >= 11 is 1.38. The molecule has 5 rings (SSSR count). The predicted octanol–water partition coefficient (Wildman–Crippen LogP) is 2.83. The quantitative estimate of drug-likeness (QED) is 0.754. The zero-order valence-corrected chi connectivity index (χ0v) is 14.5. The van der Waals surface area contributed by atoms with Crippen molar-refractivity contribution in [2.45, 2.75) is 19.4 Å². The van der Waals surface area contributed by atoms with Gasteiger partial charge in [0.05, 0.1) is 12.3 Å². The third kappa shape index (κ3) is 2.13. The predicted molar refractivity (Wildman–Crippen MR) is 97.1 cm³/mol. The molecule has 7 heteroatoms. The normalized spacial score (nSPS) is 14.3. The maximum absolute atomic E-state index is 12.3. The molecular weight excluding hydrogens is 352 g/mol. The second kappa shape index (κ2) is 5.54. The fourth-order valence-corrected chi connectivity index (χ4v) is 4.43. The van der Waals surface area contributed by atoms with E-state index in [1.807, 2.05) is 22.2 Å². The zero-order chi connectivity index (χ0) is 17.8. The molecule has 0 saturated carbocycles. The first kappa shape index (κ1) is 15.3. The molecule has 2 aliphatic heterocycles. The van der Waals surface area contributed by atoms with Gasteiger partial charge < -0.3 is 14.4 Å². The van der Waals surface area contributed by atoms with Gasteiger partial charge in [-0.05, 0) is 29.6 Å². The van der Waals surface area contributed by atoms with Gasteiger partial charge in [0.1, 0.15) is 11.3 Å². The number of hydrogen-bond acceptors (Lipinski definition) is 5. The molecular formula is C19H14N2O4S. The molecule has 0 bridgehead atoms. The number of fused-ring (bicyclic) bond motifs is 5. The van der Waals surface area contributed by atoms with Gasteiger partial charge in [0.2, 0.25) is 0 Å². The molecule has 130 valence electrons. The van der Waals surface area contributed by atoms with E-state index in [2.05, 4.69) is 4.37 Å². The van der Waals surface area contributed by atoms with E-state index in [9.17, 15) is 14.7 Å². The van der Waals surface area contributed by atoms with Gasteiger partial charge in [0.25, 0.3) is 0 Å². The highest BCUT2D eigenvalue weighted by atomic mass is 32.1. The zero-order valence-electron chi connectivity index (χ0n) is 13.7. The molecule has 0 aliphatic carbocycles. The van der Waals surface area contributed by atoms with E-state index in [4.69, 9.17) is 4.74 Å². The van der Waals surface area contributed by atoms with Crippen LogP contribution in [0.3, 0.4) is 0 Å². The smallest absolute Gasteiger partial charge is 0.341 e. The van der Waals surface area contributed by atoms with Crippen LogP contribution >= 0.6 is 11.5 Å². The van der Waals surface area contributed by atoms with Crippen molar-refractivity contribution in [2.24, 2.45) is 0 Å². The highest BCUT2D eigenvalue weighted by Gasteiger charge is 2.28. The lowest BCUT2D eigenvalue weighted by Gasteiger charge is -2.25. The molecule has 26 heavy (non-hydrogen) atoms. The summed E-state index contributed by atoms with van der Waals surface area (Å²) in [5, 5.41) is 11.2. The maximum atomic E-state index is 12.3. The molecule has 6 nitrogen and oxygen atoms in total. The van der Waals surface area contributed by atoms with Crippen LogP contribution in [0.2, 0.25) is 0 Å². The Hall–Kier alpha value is -2.93.